The highest BCUT2D eigenvalue weighted by Crippen LogP contribution is 2.06. The van der Waals surface area contributed by atoms with Crippen LogP contribution in [0.2, 0.25) is 0 Å². The molecule has 0 spiro atoms. The van der Waals surface area contributed by atoms with Gasteiger partial charge in [-0.1, -0.05) is 18.2 Å². The zero-order valence-electron chi connectivity index (χ0n) is 6.90. The summed E-state index contributed by atoms with van der Waals surface area (Å²) in [6.07, 6.45) is 0.856. The topological polar surface area (TPSA) is 73.2 Å². The van der Waals surface area contributed by atoms with Gasteiger partial charge in [0.2, 0.25) is 0 Å². The number of hydrogen-bond donors (Lipinski definition) is 3. The summed E-state index contributed by atoms with van der Waals surface area (Å²) >= 11 is 0. The molecule has 1 atom stereocenters. The first kappa shape index (κ1) is 9.25. The molecule has 1 unspecified atom stereocenters. The Morgan fingerprint density at radius 1 is 1.46 bits per heavy atom. The van der Waals surface area contributed by atoms with Gasteiger partial charge in [-0.2, -0.15) is 0 Å². The Morgan fingerprint density at radius 3 is 2.54 bits per heavy atom. The van der Waals surface area contributed by atoms with Gasteiger partial charge in [0.15, 0.2) is 6.04 Å². The molecule has 0 aromatic heterocycles. The fourth-order valence-electron chi connectivity index (χ4n) is 0.889. The van der Waals surface area contributed by atoms with Crippen molar-refractivity contribution in [3.05, 3.63) is 30.3 Å². The number of aliphatic carboxylic acids is 1. The standard InChI is InChI=1S/C9H10N2O2/c10-6-8(9(12)13)11-7-4-2-1-3-5-7/h1-6,8,10-11H,(H,12,13). The summed E-state index contributed by atoms with van der Waals surface area (Å²) in [5.74, 6) is -1.06. The van der Waals surface area contributed by atoms with Crippen molar-refractivity contribution < 1.29 is 9.90 Å². The van der Waals surface area contributed by atoms with Crippen LogP contribution >= 0.6 is 0 Å². The first-order valence-electron chi connectivity index (χ1n) is 3.79. The molecule has 4 nitrogen and oxygen atoms in total. The molecule has 0 aliphatic heterocycles. The first-order chi connectivity index (χ1) is 6.24. The Labute approximate surface area is 75.7 Å². The normalized spacial score (nSPS) is 11.7. The summed E-state index contributed by atoms with van der Waals surface area (Å²) in [6.45, 7) is 0. The Hall–Kier alpha value is -1.84. The van der Waals surface area contributed by atoms with Crippen molar-refractivity contribution in [3.8, 4) is 0 Å². The minimum atomic E-state index is -1.06. The zero-order chi connectivity index (χ0) is 9.68. The quantitative estimate of drug-likeness (QED) is 0.606. The number of anilines is 1. The van der Waals surface area contributed by atoms with Crippen LogP contribution in [0.5, 0.6) is 0 Å². The monoisotopic (exact) mass is 178 g/mol. The SMILES string of the molecule is N=CC(Nc1ccccc1)C(=O)O. The molecule has 68 valence electrons. The van der Waals surface area contributed by atoms with E-state index in [-0.39, 0.29) is 0 Å². The summed E-state index contributed by atoms with van der Waals surface area (Å²) in [7, 11) is 0. The molecule has 0 saturated heterocycles. The van der Waals surface area contributed by atoms with Gasteiger partial charge in [-0.05, 0) is 12.1 Å². The third-order valence-corrected chi connectivity index (χ3v) is 1.53. The Balaban J connectivity index is 2.67. The average Bonchev–Trinajstić information content (AvgIpc) is 2.15. The van der Waals surface area contributed by atoms with E-state index in [9.17, 15) is 4.79 Å². The van der Waals surface area contributed by atoms with E-state index in [0.717, 1.165) is 6.21 Å². The number of carbonyl (C=O) groups is 1. The second-order valence-electron chi connectivity index (χ2n) is 2.49. The smallest absolute Gasteiger partial charge is 0.331 e. The fourth-order valence-corrected chi connectivity index (χ4v) is 0.889. The van der Waals surface area contributed by atoms with E-state index in [0.29, 0.717) is 5.69 Å². The minimum absolute atomic E-state index is 0.693. The molecule has 0 aliphatic carbocycles. The van der Waals surface area contributed by atoms with E-state index >= 15 is 0 Å². The summed E-state index contributed by atoms with van der Waals surface area (Å²) in [6, 6.07) is 7.98. The van der Waals surface area contributed by atoms with Crippen molar-refractivity contribution in [1.82, 2.24) is 0 Å². The summed E-state index contributed by atoms with van der Waals surface area (Å²) in [5.41, 5.74) is 0.693. The van der Waals surface area contributed by atoms with Crippen molar-refractivity contribution in [2.45, 2.75) is 6.04 Å². The van der Waals surface area contributed by atoms with Crippen LogP contribution in [0.15, 0.2) is 30.3 Å². The van der Waals surface area contributed by atoms with Crippen LogP contribution in [-0.2, 0) is 4.79 Å². The van der Waals surface area contributed by atoms with Gasteiger partial charge in [0, 0.05) is 11.9 Å². The van der Waals surface area contributed by atoms with Crippen LogP contribution in [0.1, 0.15) is 0 Å². The molecule has 13 heavy (non-hydrogen) atoms. The van der Waals surface area contributed by atoms with Gasteiger partial charge in [0.05, 0.1) is 0 Å². The maximum absolute atomic E-state index is 10.5. The van der Waals surface area contributed by atoms with E-state index < -0.39 is 12.0 Å². The lowest BCUT2D eigenvalue weighted by atomic mass is 10.2. The van der Waals surface area contributed by atoms with Crippen molar-refractivity contribution in [3.63, 3.8) is 0 Å². The molecule has 4 heteroatoms. The molecule has 1 rings (SSSR count). The third kappa shape index (κ3) is 2.59. The molecule has 0 radical (unpaired) electrons. The number of carboxylic acid groups (broad SMARTS) is 1. The predicted octanol–water partition coefficient (Wildman–Crippen LogP) is 1.20. The van der Waals surface area contributed by atoms with Gasteiger partial charge in [-0.3, -0.25) is 0 Å². The van der Waals surface area contributed by atoms with Gasteiger partial charge in [0.25, 0.3) is 0 Å². The van der Waals surface area contributed by atoms with E-state index in [2.05, 4.69) is 5.32 Å². The van der Waals surface area contributed by atoms with Crippen LogP contribution in [0.25, 0.3) is 0 Å². The molecular formula is C9H10N2O2. The van der Waals surface area contributed by atoms with E-state index in [1.807, 2.05) is 6.07 Å². The fraction of sp³-hybridized carbons (Fsp3) is 0.111. The number of rotatable bonds is 4. The molecule has 0 aliphatic rings. The highest BCUT2D eigenvalue weighted by atomic mass is 16.4. The third-order valence-electron chi connectivity index (χ3n) is 1.53. The van der Waals surface area contributed by atoms with Crippen LogP contribution in [-0.4, -0.2) is 23.3 Å². The maximum atomic E-state index is 10.5. The van der Waals surface area contributed by atoms with E-state index in [1.54, 1.807) is 24.3 Å². The van der Waals surface area contributed by atoms with Gasteiger partial charge in [-0.15, -0.1) is 0 Å². The highest BCUT2D eigenvalue weighted by Gasteiger charge is 2.12. The molecule has 0 fully saturated rings. The average molecular weight is 178 g/mol. The van der Waals surface area contributed by atoms with Crippen LogP contribution in [0.4, 0.5) is 5.69 Å². The number of carboxylic acids is 1. The number of para-hydroxylation sites is 1. The van der Waals surface area contributed by atoms with E-state index in [4.69, 9.17) is 10.5 Å². The van der Waals surface area contributed by atoms with Crippen molar-refractivity contribution in [1.29, 1.82) is 5.41 Å². The zero-order valence-corrected chi connectivity index (χ0v) is 6.90. The molecule has 0 amide bonds. The molecule has 1 aromatic carbocycles. The van der Waals surface area contributed by atoms with Crippen molar-refractivity contribution in [2.75, 3.05) is 5.32 Å². The number of nitrogens with one attached hydrogen (secondary N) is 2. The maximum Gasteiger partial charge on any atom is 0.331 e. The summed E-state index contributed by atoms with van der Waals surface area (Å²) < 4.78 is 0. The van der Waals surface area contributed by atoms with Crippen molar-refractivity contribution in [2.24, 2.45) is 0 Å². The van der Waals surface area contributed by atoms with Crippen LogP contribution in [0.3, 0.4) is 0 Å². The largest absolute Gasteiger partial charge is 0.479 e. The Bertz CT molecular complexity index is 298. The van der Waals surface area contributed by atoms with Crippen LogP contribution in [0, 0.1) is 5.41 Å². The molecule has 0 bridgehead atoms. The second-order valence-corrected chi connectivity index (χ2v) is 2.49. The highest BCUT2D eigenvalue weighted by molar-refractivity contribution is 5.95. The molecular weight excluding hydrogens is 168 g/mol. The van der Waals surface area contributed by atoms with Crippen LogP contribution < -0.4 is 5.32 Å². The van der Waals surface area contributed by atoms with Gasteiger partial charge >= 0.3 is 5.97 Å². The molecule has 0 saturated carbocycles. The summed E-state index contributed by atoms with van der Waals surface area (Å²) in [4.78, 5) is 10.5. The van der Waals surface area contributed by atoms with Gasteiger partial charge in [-0.25, -0.2) is 4.79 Å². The Morgan fingerprint density at radius 2 is 2.08 bits per heavy atom. The lowest BCUT2D eigenvalue weighted by Crippen LogP contribution is -2.30. The predicted molar refractivity (Wildman–Crippen MR) is 50.3 cm³/mol. The molecule has 1 aromatic rings. The van der Waals surface area contributed by atoms with Gasteiger partial charge in [0.1, 0.15) is 0 Å². The Kier molecular flexibility index (Phi) is 3.03. The number of hydrogen-bond acceptors (Lipinski definition) is 3. The lowest BCUT2D eigenvalue weighted by molar-refractivity contribution is -0.136. The number of benzene rings is 1. The minimum Gasteiger partial charge on any atom is -0.479 e. The summed E-state index contributed by atoms with van der Waals surface area (Å²) in [5, 5.41) is 18.2. The molecule has 3 N–H and O–H groups in total. The lowest BCUT2D eigenvalue weighted by Gasteiger charge is -2.09. The van der Waals surface area contributed by atoms with Crippen molar-refractivity contribution >= 4 is 17.9 Å². The second kappa shape index (κ2) is 4.25. The van der Waals surface area contributed by atoms with Gasteiger partial charge < -0.3 is 15.8 Å². The molecule has 0 heterocycles. The first-order valence-corrected chi connectivity index (χ1v) is 3.79. The van der Waals surface area contributed by atoms with E-state index in [1.165, 1.54) is 0 Å².